The molecule has 2 heteroatoms. The van der Waals surface area contributed by atoms with Crippen LogP contribution in [0.3, 0.4) is 0 Å². The van der Waals surface area contributed by atoms with Crippen molar-refractivity contribution in [3.8, 4) is 33.4 Å². The van der Waals surface area contributed by atoms with Crippen LogP contribution in [0.25, 0.3) is 98.4 Å². The molecule has 0 saturated carbocycles. The highest BCUT2D eigenvalue weighted by Crippen LogP contribution is 2.43. The Morgan fingerprint density at radius 1 is 0.250 bits per heavy atom. The normalized spacial score (nSPS) is 11.7. The van der Waals surface area contributed by atoms with Gasteiger partial charge >= 0.3 is 0 Å². The number of nitrogens with zero attached hydrogens (tertiary/aromatic N) is 1. The second kappa shape index (κ2) is 13.9. The van der Waals surface area contributed by atoms with Crippen molar-refractivity contribution in [2.24, 2.45) is 0 Å². The van der Waals surface area contributed by atoms with Gasteiger partial charge in [-0.3, -0.25) is 0 Å². The van der Waals surface area contributed by atoms with Crippen molar-refractivity contribution in [2.75, 3.05) is 4.90 Å². The van der Waals surface area contributed by atoms with Crippen molar-refractivity contribution in [1.29, 1.82) is 0 Å². The molecule has 0 unspecified atom stereocenters. The van der Waals surface area contributed by atoms with Crippen molar-refractivity contribution in [3.63, 3.8) is 0 Å². The molecule has 0 aliphatic heterocycles. The van der Waals surface area contributed by atoms with Crippen LogP contribution in [0.2, 0.25) is 0 Å². The fourth-order valence-corrected chi connectivity index (χ4v) is 9.25. The minimum absolute atomic E-state index is 0.902. The molecule has 2 nitrogen and oxygen atoms in total. The van der Waals surface area contributed by atoms with E-state index >= 15 is 0 Å². The Kier molecular flexibility index (Phi) is 7.89. The monoisotopic (exact) mass is 763 g/mol. The zero-order valence-electron chi connectivity index (χ0n) is 32.7. The van der Waals surface area contributed by atoms with Crippen LogP contribution in [0, 0.1) is 0 Å². The first-order chi connectivity index (χ1) is 29.7. The Bertz CT molecular complexity index is 3580. The molecular formula is C58H37NO. The first-order valence-corrected chi connectivity index (χ1v) is 20.6. The molecule has 0 fully saturated rings. The highest BCUT2D eigenvalue weighted by Gasteiger charge is 2.18. The summed E-state index contributed by atoms with van der Waals surface area (Å²) in [5.74, 6) is 0. The average Bonchev–Trinajstić information content (AvgIpc) is 3.71. The Labute approximate surface area is 347 Å². The Hall–Kier alpha value is -7.94. The first-order valence-electron chi connectivity index (χ1n) is 20.6. The topological polar surface area (TPSA) is 16.4 Å². The molecule has 0 atom stereocenters. The predicted octanol–water partition coefficient (Wildman–Crippen LogP) is 16.7. The molecule has 12 rings (SSSR count). The van der Waals surface area contributed by atoms with Gasteiger partial charge in [-0.05, 0) is 108 Å². The van der Waals surface area contributed by atoms with Crippen molar-refractivity contribution in [3.05, 3.63) is 224 Å². The number of rotatable bonds is 6. The van der Waals surface area contributed by atoms with Gasteiger partial charge in [-0.15, -0.1) is 0 Å². The molecule has 0 spiro atoms. The van der Waals surface area contributed by atoms with E-state index in [1.54, 1.807) is 0 Å². The Morgan fingerprint density at radius 2 is 0.700 bits per heavy atom. The SMILES string of the molecule is c1ccc(-c2cccc3c2oc2c(-c4ccc(N(c5ccc(-c6ccc7c(ccc8ccccc87)c6)cc5)c5ccc6ccc7ccccc7c6c5)cc4)cccc23)cc1. The molecule has 12 aromatic rings. The Morgan fingerprint density at radius 3 is 1.35 bits per heavy atom. The fraction of sp³-hybridized carbons (Fsp3) is 0. The molecule has 0 bridgehead atoms. The van der Waals surface area contributed by atoms with Crippen LogP contribution < -0.4 is 4.90 Å². The largest absolute Gasteiger partial charge is 0.455 e. The van der Waals surface area contributed by atoms with Gasteiger partial charge in [0.2, 0.25) is 0 Å². The molecule has 0 saturated heterocycles. The van der Waals surface area contributed by atoms with Gasteiger partial charge in [0.15, 0.2) is 0 Å². The van der Waals surface area contributed by atoms with E-state index in [0.29, 0.717) is 0 Å². The third kappa shape index (κ3) is 5.65. The molecule has 0 radical (unpaired) electrons. The van der Waals surface area contributed by atoms with E-state index in [1.807, 2.05) is 0 Å². The lowest BCUT2D eigenvalue weighted by molar-refractivity contribution is 0.671. The smallest absolute Gasteiger partial charge is 0.143 e. The number of benzene rings is 11. The Balaban J connectivity index is 0.963. The van der Waals surface area contributed by atoms with Crippen LogP contribution in [-0.2, 0) is 0 Å². The number of anilines is 3. The molecule has 280 valence electrons. The van der Waals surface area contributed by atoms with E-state index in [1.165, 1.54) is 54.2 Å². The number of furan rings is 1. The van der Waals surface area contributed by atoms with E-state index in [-0.39, 0.29) is 0 Å². The van der Waals surface area contributed by atoms with Crippen LogP contribution in [0.1, 0.15) is 0 Å². The quantitative estimate of drug-likeness (QED) is 0.157. The molecule has 0 aliphatic carbocycles. The van der Waals surface area contributed by atoms with Gasteiger partial charge in [0.25, 0.3) is 0 Å². The molecule has 0 N–H and O–H groups in total. The molecular weight excluding hydrogens is 727 g/mol. The standard InChI is InChI=1S/C58H37NO/c1-2-10-39(11-3-1)52-16-8-18-54-55-19-9-17-53(58(55)60-57(52)54)42-26-32-47(33-27-42)59(48-34-28-43-21-20-41-13-5-7-15-50(41)56(43)37-48)46-30-24-38(25-31-46)44-29-35-51-45(36-44)23-22-40-12-4-6-14-49(40)51/h1-37H. The summed E-state index contributed by atoms with van der Waals surface area (Å²) in [6.07, 6.45) is 0. The number of para-hydroxylation sites is 2. The first kappa shape index (κ1) is 34.1. The van der Waals surface area contributed by atoms with E-state index in [4.69, 9.17) is 4.42 Å². The number of hydrogen-bond acceptors (Lipinski definition) is 2. The summed E-state index contributed by atoms with van der Waals surface area (Å²) in [5, 5.41) is 12.3. The summed E-state index contributed by atoms with van der Waals surface area (Å²) < 4.78 is 6.80. The van der Waals surface area contributed by atoms with Crippen LogP contribution in [0.4, 0.5) is 17.1 Å². The molecule has 0 aliphatic rings. The summed E-state index contributed by atoms with van der Waals surface area (Å²) in [5.41, 5.74) is 11.9. The lowest BCUT2D eigenvalue weighted by atomic mass is 9.97. The van der Waals surface area contributed by atoms with Crippen molar-refractivity contribution in [2.45, 2.75) is 0 Å². The third-order valence-corrected chi connectivity index (χ3v) is 12.2. The lowest BCUT2D eigenvalue weighted by Gasteiger charge is -2.26. The van der Waals surface area contributed by atoms with Crippen molar-refractivity contribution in [1.82, 2.24) is 0 Å². The van der Waals surface area contributed by atoms with E-state index < -0.39 is 0 Å². The van der Waals surface area contributed by atoms with E-state index in [0.717, 1.165) is 61.3 Å². The van der Waals surface area contributed by atoms with Gasteiger partial charge in [0.05, 0.1) is 0 Å². The molecule has 60 heavy (non-hydrogen) atoms. The summed E-state index contributed by atoms with van der Waals surface area (Å²) >= 11 is 0. The highest BCUT2D eigenvalue weighted by molar-refractivity contribution is 6.13. The maximum atomic E-state index is 6.80. The van der Waals surface area contributed by atoms with Gasteiger partial charge < -0.3 is 9.32 Å². The summed E-state index contributed by atoms with van der Waals surface area (Å²) in [7, 11) is 0. The molecule has 1 aromatic heterocycles. The maximum absolute atomic E-state index is 6.80. The molecule has 1 heterocycles. The van der Waals surface area contributed by atoms with Crippen LogP contribution >= 0.6 is 0 Å². The second-order valence-electron chi connectivity index (χ2n) is 15.7. The van der Waals surface area contributed by atoms with Crippen LogP contribution in [-0.4, -0.2) is 0 Å². The highest BCUT2D eigenvalue weighted by atomic mass is 16.3. The lowest BCUT2D eigenvalue weighted by Crippen LogP contribution is -2.09. The number of hydrogen-bond donors (Lipinski definition) is 0. The average molecular weight is 764 g/mol. The zero-order valence-corrected chi connectivity index (χ0v) is 32.7. The van der Waals surface area contributed by atoms with Gasteiger partial charge in [0, 0.05) is 39.0 Å². The van der Waals surface area contributed by atoms with E-state index in [9.17, 15) is 0 Å². The molecule has 11 aromatic carbocycles. The van der Waals surface area contributed by atoms with Crippen LogP contribution in [0.15, 0.2) is 229 Å². The number of fused-ring (bicyclic) bond motifs is 9. The zero-order chi connectivity index (χ0) is 39.6. The molecule has 0 amide bonds. The second-order valence-corrected chi connectivity index (χ2v) is 15.7. The minimum Gasteiger partial charge on any atom is -0.455 e. The summed E-state index contributed by atoms with van der Waals surface area (Å²) in [4.78, 5) is 2.37. The van der Waals surface area contributed by atoms with Gasteiger partial charge in [-0.25, -0.2) is 0 Å². The van der Waals surface area contributed by atoms with Gasteiger partial charge in [-0.2, -0.15) is 0 Å². The van der Waals surface area contributed by atoms with Crippen molar-refractivity contribution >= 4 is 82.1 Å². The third-order valence-electron chi connectivity index (χ3n) is 12.2. The van der Waals surface area contributed by atoms with Gasteiger partial charge in [-0.1, -0.05) is 182 Å². The summed E-state index contributed by atoms with van der Waals surface area (Å²) in [6.45, 7) is 0. The minimum atomic E-state index is 0.902. The van der Waals surface area contributed by atoms with Crippen LogP contribution in [0.5, 0.6) is 0 Å². The predicted molar refractivity (Wildman–Crippen MR) is 255 cm³/mol. The summed E-state index contributed by atoms with van der Waals surface area (Å²) in [6, 6.07) is 81.2. The fourth-order valence-electron chi connectivity index (χ4n) is 9.25. The maximum Gasteiger partial charge on any atom is 0.143 e. The van der Waals surface area contributed by atoms with Gasteiger partial charge in [0.1, 0.15) is 11.2 Å². The van der Waals surface area contributed by atoms with E-state index in [2.05, 4.69) is 229 Å². The van der Waals surface area contributed by atoms with Crippen molar-refractivity contribution < 1.29 is 4.42 Å².